The molecule has 1 aromatic carbocycles. The van der Waals surface area contributed by atoms with E-state index in [0.717, 1.165) is 20.7 Å². The summed E-state index contributed by atoms with van der Waals surface area (Å²) in [4.78, 5) is 0. The lowest BCUT2D eigenvalue weighted by Gasteiger charge is -2.01. The van der Waals surface area contributed by atoms with Crippen LogP contribution < -0.4 is 5.73 Å². The molecule has 0 aliphatic rings. The zero-order chi connectivity index (χ0) is 7.72. The summed E-state index contributed by atoms with van der Waals surface area (Å²) >= 11 is 9.13. The molecule has 0 aliphatic carbocycles. The molecule has 0 saturated heterocycles. The molecule has 0 saturated carbocycles. The fourth-order valence-corrected chi connectivity index (χ4v) is 1.44. The second-order valence-corrected chi connectivity index (χ2v) is 3.37. The van der Waals surface area contributed by atoms with Gasteiger partial charge in [-0.2, -0.15) is 0 Å². The average molecular weight is 220 g/mol. The lowest BCUT2D eigenvalue weighted by atomic mass is 10.2. The van der Waals surface area contributed by atoms with Gasteiger partial charge in [0, 0.05) is 10.2 Å². The Bertz CT molecular complexity index is 237. The summed E-state index contributed by atoms with van der Waals surface area (Å²) in [5.41, 5.74) is 7.26. The molecule has 1 nitrogen and oxygen atoms in total. The summed E-state index contributed by atoms with van der Waals surface area (Å²) < 4.78 is 0.853. The molecule has 1 aromatic rings. The Morgan fingerprint density at radius 2 is 2.10 bits per heavy atom. The van der Waals surface area contributed by atoms with Gasteiger partial charge in [-0.25, -0.2) is 0 Å². The third-order valence-electron chi connectivity index (χ3n) is 1.23. The maximum atomic E-state index is 5.85. The number of nitrogens with two attached hydrogens (primary N) is 1. The highest BCUT2D eigenvalue weighted by Crippen LogP contribution is 2.27. The van der Waals surface area contributed by atoms with Crippen molar-refractivity contribution in [2.45, 2.75) is 6.92 Å². The fraction of sp³-hybridized carbons (Fsp3) is 0.143. The van der Waals surface area contributed by atoms with Gasteiger partial charge in [-0.05, 0) is 40.5 Å². The van der Waals surface area contributed by atoms with E-state index in [1.54, 1.807) is 6.07 Å². The van der Waals surface area contributed by atoms with E-state index in [0.29, 0.717) is 0 Å². The molecule has 0 unspecified atom stereocenters. The van der Waals surface area contributed by atoms with Gasteiger partial charge in [0.2, 0.25) is 0 Å². The molecular formula is C7H7BrClN. The molecular weight excluding hydrogens is 213 g/mol. The minimum Gasteiger partial charge on any atom is -0.399 e. The van der Waals surface area contributed by atoms with Crippen LogP contribution in [-0.2, 0) is 0 Å². The van der Waals surface area contributed by atoms with E-state index >= 15 is 0 Å². The minimum absolute atomic E-state index is 0.730. The number of halogens is 2. The third kappa shape index (κ3) is 1.44. The highest BCUT2D eigenvalue weighted by Gasteiger charge is 2.00. The highest BCUT2D eigenvalue weighted by atomic mass is 79.9. The highest BCUT2D eigenvalue weighted by molar-refractivity contribution is 9.10. The van der Waals surface area contributed by atoms with Crippen molar-refractivity contribution in [3.8, 4) is 0 Å². The van der Waals surface area contributed by atoms with Crippen molar-refractivity contribution in [2.75, 3.05) is 5.73 Å². The number of benzene rings is 1. The van der Waals surface area contributed by atoms with E-state index in [1.165, 1.54) is 0 Å². The standard InChI is InChI=1S/C7H7BrClN/c1-4-2-5(10)3-6(8)7(4)9/h2-3H,10H2,1H3. The zero-order valence-electron chi connectivity index (χ0n) is 5.49. The SMILES string of the molecule is Cc1cc(N)cc(Br)c1Cl. The van der Waals surface area contributed by atoms with E-state index in [1.807, 2.05) is 13.0 Å². The van der Waals surface area contributed by atoms with Crippen molar-refractivity contribution in [3.05, 3.63) is 27.2 Å². The Morgan fingerprint density at radius 1 is 1.50 bits per heavy atom. The number of hydrogen-bond acceptors (Lipinski definition) is 1. The van der Waals surface area contributed by atoms with Crippen molar-refractivity contribution < 1.29 is 0 Å². The van der Waals surface area contributed by atoms with Crippen LogP contribution in [0.2, 0.25) is 5.02 Å². The quantitative estimate of drug-likeness (QED) is 0.668. The molecule has 2 N–H and O–H groups in total. The molecule has 0 spiro atoms. The molecule has 0 heterocycles. The second kappa shape index (κ2) is 2.81. The average Bonchev–Trinajstić information content (AvgIpc) is 1.82. The van der Waals surface area contributed by atoms with E-state index in [9.17, 15) is 0 Å². The smallest absolute Gasteiger partial charge is 0.0578 e. The summed E-state index contributed by atoms with van der Waals surface area (Å²) in [6.45, 7) is 1.92. The molecule has 3 heteroatoms. The van der Waals surface area contributed by atoms with Crippen molar-refractivity contribution in [1.82, 2.24) is 0 Å². The Morgan fingerprint density at radius 3 is 2.60 bits per heavy atom. The van der Waals surface area contributed by atoms with Gasteiger partial charge in [0.15, 0.2) is 0 Å². The first-order valence-electron chi connectivity index (χ1n) is 2.82. The molecule has 0 atom stereocenters. The second-order valence-electron chi connectivity index (χ2n) is 2.13. The van der Waals surface area contributed by atoms with Crippen LogP contribution in [0.15, 0.2) is 16.6 Å². The molecule has 0 bridgehead atoms. The Labute approximate surface area is 73.3 Å². The molecule has 0 aliphatic heterocycles. The number of rotatable bonds is 0. The lowest BCUT2D eigenvalue weighted by Crippen LogP contribution is -1.86. The van der Waals surface area contributed by atoms with Crippen molar-refractivity contribution in [2.24, 2.45) is 0 Å². The Kier molecular flexibility index (Phi) is 2.21. The summed E-state index contributed by atoms with van der Waals surface area (Å²) in [7, 11) is 0. The predicted octanol–water partition coefficient (Wildman–Crippen LogP) is 2.99. The van der Waals surface area contributed by atoms with Crippen LogP contribution >= 0.6 is 27.5 Å². The lowest BCUT2D eigenvalue weighted by molar-refractivity contribution is 1.45. The van der Waals surface area contributed by atoms with Gasteiger partial charge in [0.25, 0.3) is 0 Å². The van der Waals surface area contributed by atoms with Crippen LogP contribution in [0.3, 0.4) is 0 Å². The van der Waals surface area contributed by atoms with Gasteiger partial charge < -0.3 is 5.73 Å². The van der Waals surface area contributed by atoms with Crippen molar-refractivity contribution in [3.63, 3.8) is 0 Å². The molecule has 0 radical (unpaired) electrons. The molecule has 0 fully saturated rings. The number of anilines is 1. The van der Waals surface area contributed by atoms with E-state index in [2.05, 4.69) is 15.9 Å². The third-order valence-corrected chi connectivity index (χ3v) is 2.59. The normalized spacial score (nSPS) is 9.90. The molecule has 0 aromatic heterocycles. The first kappa shape index (κ1) is 7.89. The van der Waals surface area contributed by atoms with Gasteiger partial charge in [-0.15, -0.1) is 0 Å². The van der Waals surface area contributed by atoms with Crippen LogP contribution in [0, 0.1) is 6.92 Å². The van der Waals surface area contributed by atoms with E-state index < -0.39 is 0 Å². The topological polar surface area (TPSA) is 26.0 Å². The van der Waals surface area contributed by atoms with Crippen LogP contribution in [-0.4, -0.2) is 0 Å². The zero-order valence-corrected chi connectivity index (χ0v) is 7.83. The largest absolute Gasteiger partial charge is 0.399 e. The van der Waals surface area contributed by atoms with Gasteiger partial charge in [0.1, 0.15) is 0 Å². The summed E-state index contributed by atoms with van der Waals surface area (Å²) in [6.07, 6.45) is 0. The summed E-state index contributed by atoms with van der Waals surface area (Å²) in [5, 5.41) is 0.731. The van der Waals surface area contributed by atoms with Gasteiger partial charge in [0.05, 0.1) is 5.02 Å². The van der Waals surface area contributed by atoms with Crippen molar-refractivity contribution >= 4 is 33.2 Å². The number of aryl methyl sites for hydroxylation is 1. The maximum Gasteiger partial charge on any atom is 0.0578 e. The number of hydrogen-bond donors (Lipinski definition) is 1. The Hall–Kier alpha value is -0.210. The molecule has 54 valence electrons. The first-order valence-corrected chi connectivity index (χ1v) is 3.99. The van der Waals surface area contributed by atoms with E-state index in [4.69, 9.17) is 17.3 Å². The van der Waals surface area contributed by atoms with Gasteiger partial charge in [-0.1, -0.05) is 11.6 Å². The molecule has 10 heavy (non-hydrogen) atoms. The molecule has 0 amide bonds. The van der Waals surface area contributed by atoms with Gasteiger partial charge >= 0.3 is 0 Å². The van der Waals surface area contributed by atoms with Crippen LogP contribution in [0.4, 0.5) is 5.69 Å². The van der Waals surface area contributed by atoms with Crippen LogP contribution in [0.25, 0.3) is 0 Å². The van der Waals surface area contributed by atoms with Crippen molar-refractivity contribution in [1.29, 1.82) is 0 Å². The van der Waals surface area contributed by atoms with Crippen LogP contribution in [0.1, 0.15) is 5.56 Å². The maximum absolute atomic E-state index is 5.85. The minimum atomic E-state index is 0.730. The van der Waals surface area contributed by atoms with E-state index in [-0.39, 0.29) is 0 Å². The summed E-state index contributed by atoms with van der Waals surface area (Å²) in [6, 6.07) is 3.63. The Balaban J connectivity index is 3.31. The predicted molar refractivity (Wildman–Crippen MR) is 48.3 cm³/mol. The van der Waals surface area contributed by atoms with Crippen LogP contribution in [0.5, 0.6) is 0 Å². The molecule has 1 rings (SSSR count). The monoisotopic (exact) mass is 219 g/mol. The fourth-order valence-electron chi connectivity index (χ4n) is 0.753. The number of nitrogen functional groups attached to an aromatic ring is 1. The van der Waals surface area contributed by atoms with Gasteiger partial charge in [-0.3, -0.25) is 0 Å². The first-order chi connectivity index (χ1) is 4.61. The summed E-state index contributed by atoms with van der Waals surface area (Å²) in [5.74, 6) is 0.